The predicted octanol–water partition coefficient (Wildman–Crippen LogP) is -0.981. The number of fused-ring (bicyclic) bond motifs is 1. The number of hydrogen-bond donors (Lipinski definition) is 3. The van der Waals surface area contributed by atoms with Crippen LogP contribution in [0, 0.1) is 5.92 Å². The third kappa shape index (κ3) is 1.08. The van der Waals surface area contributed by atoms with Crippen LogP contribution in [0.4, 0.5) is 4.79 Å². The molecular weight excluding hydrogens is 176 g/mol. The van der Waals surface area contributed by atoms with Gasteiger partial charge in [0.1, 0.15) is 6.17 Å². The van der Waals surface area contributed by atoms with E-state index in [9.17, 15) is 4.79 Å². The first kappa shape index (κ1) is 7.90. The minimum atomic E-state index is -0.211. The Morgan fingerprint density at radius 1 is 1.67 bits per heavy atom. The molecule has 3 N–H and O–H groups in total. The Morgan fingerprint density at radius 2 is 2.42 bits per heavy atom. The molecule has 0 spiro atoms. The fraction of sp³-hybridized carbons (Fsp3) is 0.667. The van der Waals surface area contributed by atoms with Crippen LogP contribution < -0.4 is 16.1 Å². The summed E-state index contributed by atoms with van der Waals surface area (Å²) in [5.74, 6) is 0.197. The number of rotatable bonds is 0. The van der Waals surface area contributed by atoms with Gasteiger partial charge in [0.2, 0.25) is 0 Å². The maximum Gasteiger partial charge on any atom is 0.320 e. The van der Waals surface area contributed by atoms with E-state index in [1.165, 1.54) is 0 Å². The van der Waals surface area contributed by atoms with Crippen LogP contribution in [0.25, 0.3) is 0 Å². The van der Waals surface area contributed by atoms with Crippen LogP contribution in [0.5, 0.6) is 0 Å². The van der Waals surface area contributed by atoms with Gasteiger partial charge in [-0.25, -0.2) is 9.80 Å². The van der Waals surface area contributed by atoms with Crippen LogP contribution in [-0.2, 0) is 0 Å². The molecule has 0 radical (unpaired) electrons. The highest BCUT2D eigenvalue weighted by atomic mass is 32.1. The van der Waals surface area contributed by atoms with E-state index in [1.807, 2.05) is 12.1 Å². The maximum atomic E-state index is 11.0. The van der Waals surface area contributed by atoms with Gasteiger partial charge in [-0.05, 0) is 0 Å². The average Bonchev–Trinajstić information content (AvgIpc) is 2.33. The Bertz CT molecular complexity index is 244. The molecule has 66 valence electrons. The van der Waals surface area contributed by atoms with Gasteiger partial charge in [-0.2, -0.15) is 0 Å². The number of nitrogens with zero attached hydrogens (tertiary/aromatic N) is 1. The molecule has 2 rings (SSSR count). The van der Waals surface area contributed by atoms with Crippen molar-refractivity contribution in [3.63, 3.8) is 0 Å². The summed E-state index contributed by atoms with van der Waals surface area (Å²) in [6, 6.07) is -0.211. The van der Waals surface area contributed by atoms with Gasteiger partial charge in [-0.15, -0.1) is 0 Å². The fourth-order valence-corrected chi connectivity index (χ4v) is 1.84. The van der Waals surface area contributed by atoms with E-state index >= 15 is 0 Å². The molecule has 12 heavy (non-hydrogen) atoms. The van der Waals surface area contributed by atoms with Crippen molar-refractivity contribution in [1.82, 2.24) is 21.1 Å². The minimum absolute atomic E-state index is 0.00579. The lowest BCUT2D eigenvalue weighted by atomic mass is 10.1. The van der Waals surface area contributed by atoms with Crippen LogP contribution >= 0.6 is 12.2 Å². The predicted molar refractivity (Wildman–Crippen MR) is 47.3 cm³/mol. The summed E-state index contributed by atoms with van der Waals surface area (Å²) < 4.78 is 0. The zero-order chi connectivity index (χ0) is 8.72. The lowest BCUT2D eigenvalue weighted by Gasteiger charge is -2.29. The van der Waals surface area contributed by atoms with Gasteiger partial charge in [-0.3, -0.25) is 5.43 Å². The second kappa shape index (κ2) is 2.65. The zero-order valence-corrected chi connectivity index (χ0v) is 7.44. The third-order valence-electron chi connectivity index (χ3n) is 2.21. The first-order valence-electron chi connectivity index (χ1n) is 3.76. The number of hydrazine groups is 1. The number of urea groups is 1. The molecule has 0 saturated carbocycles. The smallest absolute Gasteiger partial charge is 0.320 e. The lowest BCUT2D eigenvalue weighted by molar-refractivity contribution is 0.182. The highest BCUT2D eigenvalue weighted by molar-refractivity contribution is 7.80. The summed E-state index contributed by atoms with van der Waals surface area (Å²) >= 11 is 5.03. The van der Waals surface area contributed by atoms with Crippen LogP contribution in [0.2, 0.25) is 0 Å². The molecule has 2 unspecified atom stereocenters. The average molecular weight is 186 g/mol. The van der Waals surface area contributed by atoms with Crippen LogP contribution in [0.1, 0.15) is 0 Å². The standard InChI is InChI=1S/C6H10N4OS/c1-10-4-3(2-7-10)5(12)9-6(11)8-4/h3-4,7H,2H2,1H3,(H2,8,9,11,12). The highest BCUT2D eigenvalue weighted by Gasteiger charge is 2.39. The van der Waals surface area contributed by atoms with Gasteiger partial charge in [-0.1, -0.05) is 12.2 Å². The Kier molecular flexibility index (Phi) is 1.75. The molecule has 0 aromatic heterocycles. The summed E-state index contributed by atoms with van der Waals surface area (Å²) in [5.41, 5.74) is 3.10. The maximum absolute atomic E-state index is 11.0. The van der Waals surface area contributed by atoms with Crippen LogP contribution in [0.15, 0.2) is 0 Å². The molecule has 2 atom stereocenters. The van der Waals surface area contributed by atoms with E-state index in [0.29, 0.717) is 4.99 Å². The zero-order valence-electron chi connectivity index (χ0n) is 6.63. The van der Waals surface area contributed by atoms with E-state index in [1.54, 1.807) is 0 Å². The molecule has 2 heterocycles. The van der Waals surface area contributed by atoms with E-state index in [0.717, 1.165) is 6.54 Å². The van der Waals surface area contributed by atoms with Crippen LogP contribution in [0.3, 0.4) is 0 Å². The van der Waals surface area contributed by atoms with Crippen molar-refractivity contribution in [1.29, 1.82) is 0 Å². The van der Waals surface area contributed by atoms with Gasteiger partial charge >= 0.3 is 6.03 Å². The number of hydrogen-bond acceptors (Lipinski definition) is 4. The molecule has 0 aromatic rings. The summed E-state index contributed by atoms with van der Waals surface area (Å²) in [6.07, 6.45) is 0.00579. The topological polar surface area (TPSA) is 56.4 Å². The van der Waals surface area contributed by atoms with Crippen molar-refractivity contribution >= 4 is 23.2 Å². The largest absolute Gasteiger partial charge is 0.320 e. The number of nitrogens with one attached hydrogen (secondary N) is 3. The highest BCUT2D eigenvalue weighted by Crippen LogP contribution is 2.16. The molecule has 2 aliphatic rings. The number of thiocarbonyl (C=S) groups is 1. The lowest BCUT2D eigenvalue weighted by Crippen LogP contribution is -2.59. The van der Waals surface area contributed by atoms with Gasteiger partial charge in [0.05, 0.1) is 10.9 Å². The van der Waals surface area contributed by atoms with Crippen molar-refractivity contribution in [2.24, 2.45) is 5.92 Å². The molecule has 5 nitrogen and oxygen atoms in total. The van der Waals surface area contributed by atoms with E-state index < -0.39 is 0 Å². The minimum Gasteiger partial charge on any atom is -0.320 e. The van der Waals surface area contributed by atoms with E-state index in [4.69, 9.17) is 12.2 Å². The first-order chi connectivity index (χ1) is 5.68. The molecular formula is C6H10N4OS. The third-order valence-corrected chi connectivity index (χ3v) is 2.62. The normalized spacial score (nSPS) is 35.8. The summed E-state index contributed by atoms with van der Waals surface area (Å²) in [7, 11) is 1.89. The number of amides is 2. The fourth-order valence-electron chi connectivity index (χ4n) is 1.53. The first-order valence-corrected chi connectivity index (χ1v) is 4.17. The van der Waals surface area contributed by atoms with Gasteiger partial charge < -0.3 is 10.6 Å². The van der Waals surface area contributed by atoms with Crippen molar-refractivity contribution < 1.29 is 4.79 Å². The van der Waals surface area contributed by atoms with Gasteiger partial charge in [0.15, 0.2) is 0 Å². The molecule has 0 aliphatic carbocycles. The Hall–Kier alpha value is -0.720. The molecule has 2 fully saturated rings. The molecule has 2 saturated heterocycles. The summed E-state index contributed by atoms with van der Waals surface area (Å²) in [5, 5.41) is 7.24. The van der Waals surface area contributed by atoms with Gasteiger partial charge in [0, 0.05) is 13.6 Å². The van der Waals surface area contributed by atoms with Crippen molar-refractivity contribution in [2.45, 2.75) is 6.17 Å². The molecule has 2 amide bonds. The molecule has 6 heteroatoms. The van der Waals surface area contributed by atoms with Crippen molar-refractivity contribution in [3.05, 3.63) is 0 Å². The quantitative estimate of drug-likeness (QED) is 0.426. The monoisotopic (exact) mass is 186 g/mol. The molecule has 2 aliphatic heterocycles. The van der Waals surface area contributed by atoms with Crippen LogP contribution in [-0.4, -0.2) is 35.8 Å². The van der Waals surface area contributed by atoms with E-state index in [2.05, 4.69) is 16.1 Å². The second-order valence-electron chi connectivity index (χ2n) is 2.99. The SMILES string of the molecule is CN1NCC2C(=S)NC(=O)NC21. The second-order valence-corrected chi connectivity index (χ2v) is 3.43. The Labute approximate surface area is 75.5 Å². The van der Waals surface area contributed by atoms with E-state index in [-0.39, 0.29) is 18.1 Å². The van der Waals surface area contributed by atoms with Crippen molar-refractivity contribution in [2.75, 3.05) is 13.6 Å². The van der Waals surface area contributed by atoms with Crippen molar-refractivity contribution in [3.8, 4) is 0 Å². The van der Waals surface area contributed by atoms with Gasteiger partial charge in [0.25, 0.3) is 0 Å². The summed E-state index contributed by atoms with van der Waals surface area (Å²) in [6.45, 7) is 0.785. The Morgan fingerprint density at radius 3 is 3.17 bits per heavy atom. The molecule has 0 bridgehead atoms. The summed E-state index contributed by atoms with van der Waals surface area (Å²) in [4.78, 5) is 11.6. The Balaban J connectivity index is 2.19. The molecule has 0 aromatic carbocycles. The number of carbonyl (C=O) groups is 1. The number of carbonyl (C=O) groups excluding carboxylic acids is 1.